The minimum Gasteiger partial charge on any atom is -0.497 e. The molecule has 1 saturated heterocycles. The highest BCUT2D eigenvalue weighted by molar-refractivity contribution is 7.09. The number of piperazine rings is 1. The van der Waals surface area contributed by atoms with Crippen LogP contribution in [0, 0.1) is 0 Å². The first kappa shape index (κ1) is 21.3. The fourth-order valence-electron chi connectivity index (χ4n) is 3.25. The molecule has 29 heavy (non-hydrogen) atoms. The number of aromatic nitrogens is 1. The number of thiazole rings is 1. The smallest absolute Gasteiger partial charge is 0.306 e. The Hall–Kier alpha value is -2.45. The van der Waals surface area contributed by atoms with Gasteiger partial charge in [-0.25, -0.2) is 4.98 Å². The van der Waals surface area contributed by atoms with Gasteiger partial charge in [0.2, 0.25) is 5.91 Å². The van der Waals surface area contributed by atoms with E-state index < -0.39 is 0 Å². The van der Waals surface area contributed by atoms with E-state index in [0.29, 0.717) is 19.7 Å². The van der Waals surface area contributed by atoms with Crippen molar-refractivity contribution in [3.05, 3.63) is 34.7 Å². The van der Waals surface area contributed by atoms with Gasteiger partial charge in [-0.3, -0.25) is 14.5 Å². The largest absolute Gasteiger partial charge is 0.497 e. The standard InChI is InChI=1S/C21H27N3O4S/c1-3-28-21(26)8-7-20(25)24-11-9-23(10-12-24)14-19-22-18(15-29-19)16-5-4-6-17(13-16)27-2/h4-6,13,15H,3,7-12,14H2,1-2H3. The van der Waals surface area contributed by atoms with Crippen LogP contribution in [0.5, 0.6) is 5.75 Å². The molecule has 0 atom stereocenters. The summed E-state index contributed by atoms with van der Waals surface area (Å²) in [6.45, 7) is 5.85. The van der Waals surface area contributed by atoms with Crippen molar-refractivity contribution in [3.8, 4) is 17.0 Å². The Bertz CT molecular complexity index is 831. The maximum absolute atomic E-state index is 12.3. The molecule has 0 bridgehead atoms. The fraction of sp³-hybridized carbons (Fsp3) is 0.476. The molecule has 0 aliphatic carbocycles. The normalized spacial score (nSPS) is 14.6. The summed E-state index contributed by atoms with van der Waals surface area (Å²) in [5.74, 6) is 0.531. The van der Waals surface area contributed by atoms with Gasteiger partial charge < -0.3 is 14.4 Å². The second-order valence-corrected chi connectivity index (χ2v) is 7.76. The molecule has 156 valence electrons. The predicted molar refractivity (Wildman–Crippen MR) is 112 cm³/mol. The molecule has 7 nitrogen and oxygen atoms in total. The van der Waals surface area contributed by atoms with Gasteiger partial charge in [0.25, 0.3) is 0 Å². The summed E-state index contributed by atoms with van der Waals surface area (Å²) in [4.78, 5) is 32.6. The van der Waals surface area contributed by atoms with E-state index in [0.717, 1.165) is 41.6 Å². The van der Waals surface area contributed by atoms with Crippen LogP contribution in [0.1, 0.15) is 24.8 Å². The van der Waals surface area contributed by atoms with Crippen LogP contribution in [0.15, 0.2) is 29.6 Å². The van der Waals surface area contributed by atoms with Crippen LogP contribution in [0.3, 0.4) is 0 Å². The van der Waals surface area contributed by atoms with Crippen LogP contribution >= 0.6 is 11.3 Å². The van der Waals surface area contributed by atoms with E-state index in [-0.39, 0.29) is 24.7 Å². The van der Waals surface area contributed by atoms with Crippen molar-refractivity contribution in [3.63, 3.8) is 0 Å². The zero-order chi connectivity index (χ0) is 20.6. The van der Waals surface area contributed by atoms with Crippen LogP contribution in [-0.2, 0) is 20.9 Å². The Morgan fingerprint density at radius 2 is 1.97 bits per heavy atom. The van der Waals surface area contributed by atoms with Gasteiger partial charge in [0.1, 0.15) is 10.8 Å². The number of rotatable bonds is 8. The van der Waals surface area contributed by atoms with E-state index in [1.807, 2.05) is 29.2 Å². The minimum atomic E-state index is -0.310. The van der Waals surface area contributed by atoms with Crippen LogP contribution in [0.2, 0.25) is 0 Å². The van der Waals surface area contributed by atoms with Gasteiger partial charge in [0, 0.05) is 43.5 Å². The number of ether oxygens (including phenoxy) is 2. The van der Waals surface area contributed by atoms with Crippen LogP contribution in [0.25, 0.3) is 11.3 Å². The molecule has 1 aliphatic heterocycles. The molecule has 0 unspecified atom stereocenters. The highest BCUT2D eigenvalue weighted by Crippen LogP contribution is 2.26. The summed E-state index contributed by atoms with van der Waals surface area (Å²) in [5, 5.41) is 3.13. The molecule has 2 heterocycles. The summed E-state index contributed by atoms with van der Waals surface area (Å²) in [6.07, 6.45) is 0.369. The SMILES string of the molecule is CCOC(=O)CCC(=O)N1CCN(Cc2nc(-c3cccc(OC)c3)cs2)CC1. The summed E-state index contributed by atoms with van der Waals surface area (Å²) >= 11 is 1.65. The second-order valence-electron chi connectivity index (χ2n) is 6.82. The van der Waals surface area contributed by atoms with Gasteiger partial charge >= 0.3 is 5.97 Å². The minimum absolute atomic E-state index is 0.0206. The van der Waals surface area contributed by atoms with Gasteiger partial charge in [-0.05, 0) is 19.1 Å². The van der Waals surface area contributed by atoms with Crippen molar-refractivity contribution < 1.29 is 19.1 Å². The van der Waals surface area contributed by atoms with Crippen molar-refractivity contribution in [1.29, 1.82) is 0 Å². The predicted octanol–water partition coefficient (Wildman–Crippen LogP) is 2.81. The van der Waals surface area contributed by atoms with Crippen molar-refractivity contribution in [2.24, 2.45) is 0 Å². The second kappa shape index (κ2) is 10.4. The van der Waals surface area contributed by atoms with Gasteiger partial charge in [-0.1, -0.05) is 12.1 Å². The Morgan fingerprint density at radius 3 is 2.69 bits per heavy atom. The average Bonchev–Trinajstić information content (AvgIpc) is 3.21. The quantitative estimate of drug-likeness (QED) is 0.615. The molecule has 0 radical (unpaired) electrons. The number of esters is 1. The molecule has 0 saturated carbocycles. The maximum atomic E-state index is 12.3. The molecular weight excluding hydrogens is 390 g/mol. The first-order valence-electron chi connectivity index (χ1n) is 9.83. The first-order valence-corrected chi connectivity index (χ1v) is 10.7. The molecule has 0 N–H and O–H groups in total. The molecule has 1 aromatic heterocycles. The van der Waals surface area contributed by atoms with Crippen molar-refractivity contribution >= 4 is 23.2 Å². The molecule has 1 aromatic carbocycles. The maximum Gasteiger partial charge on any atom is 0.306 e. The van der Waals surface area contributed by atoms with Crippen LogP contribution in [0.4, 0.5) is 0 Å². The van der Waals surface area contributed by atoms with E-state index in [4.69, 9.17) is 14.5 Å². The van der Waals surface area contributed by atoms with Crippen LogP contribution in [-0.4, -0.2) is 66.6 Å². The van der Waals surface area contributed by atoms with Gasteiger partial charge in [0.05, 0.1) is 32.4 Å². The monoisotopic (exact) mass is 417 g/mol. The number of hydrogen-bond acceptors (Lipinski definition) is 7. The Balaban J connectivity index is 1.47. The molecule has 3 rings (SSSR count). The number of nitrogens with zero attached hydrogens (tertiary/aromatic N) is 3. The molecule has 8 heteroatoms. The Morgan fingerprint density at radius 1 is 1.17 bits per heavy atom. The zero-order valence-corrected chi connectivity index (χ0v) is 17.7. The lowest BCUT2D eigenvalue weighted by molar-refractivity contribution is -0.146. The third-order valence-electron chi connectivity index (χ3n) is 4.85. The number of amides is 1. The van der Waals surface area contributed by atoms with Crippen LogP contribution < -0.4 is 4.74 Å². The molecule has 1 amide bonds. The number of carbonyl (C=O) groups is 2. The Labute approximate surface area is 175 Å². The summed E-state index contributed by atoms with van der Waals surface area (Å²) < 4.78 is 10.2. The Kier molecular flexibility index (Phi) is 7.60. The van der Waals surface area contributed by atoms with Crippen molar-refractivity contribution in [2.45, 2.75) is 26.3 Å². The lowest BCUT2D eigenvalue weighted by Gasteiger charge is -2.34. The summed E-state index contributed by atoms with van der Waals surface area (Å²) in [5.41, 5.74) is 2.00. The van der Waals surface area contributed by atoms with Crippen molar-refractivity contribution in [2.75, 3.05) is 39.9 Å². The van der Waals surface area contributed by atoms with Crippen molar-refractivity contribution in [1.82, 2.24) is 14.8 Å². The zero-order valence-electron chi connectivity index (χ0n) is 16.9. The number of methoxy groups -OCH3 is 1. The highest BCUT2D eigenvalue weighted by Gasteiger charge is 2.22. The average molecular weight is 418 g/mol. The third-order valence-corrected chi connectivity index (χ3v) is 5.68. The topological polar surface area (TPSA) is 72.0 Å². The van der Waals surface area contributed by atoms with Gasteiger partial charge in [-0.15, -0.1) is 11.3 Å². The first-order chi connectivity index (χ1) is 14.1. The van der Waals surface area contributed by atoms with E-state index in [1.54, 1.807) is 25.4 Å². The molecule has 2 aromatic rings. The van der Waals surface area contributed by atoms with Gasteiger partial charge in [0.15, 0.2) is 0 Å². The van der Waals surface area contributed by atoms with E-state index in [9.17, 15) is 9.59 Å². The summed E-state index contributed by atoms with van der Waals surface area (Å²) in [7, 11) is 1.66. The third kappa shape index (κ3) is 6.01. The number of hydrogen-bond donors (Lipinski definition) is 0. The lowest BCUT2D eigenvalue weighted by Crippen LogP contribution is -2.48. The van der Waals surface area contributed by atoms with E-state index in [2.05, 4.69) is 10.3 Å². The van der Waals surface area contributed by atoms with E-state index in [1.165, 1.54) is 0 Å². The van der Waals surface area contributed by atoms with E-state index >= 15 is 0 Å². The number of benzene rings is 1. The molecule has 1 fully saturated rings. The molecule has 1 aliphatic rings. The summed E-state index contributed by atoms with van der Waals surface area (Å²) in [6, 6.07) is 7.90. The van der Waals surface area contributed by atoms with Gasteiger partial charge in [-0.2, -0.15) is 0 Å². The molecule has 0 spiro atoms. The highest BCUT2D eigenvalue weighted by atomic mass is 32.1. The molecular formula is C21H27N3O4S. The number of carbonyl (C=O) groups excluding carboxylic acids is 2. The fourth-order valence-corrected chi connectivity index (χ4v) is 4.09. The lowest BCUT2D eigenvalue weighted by atomic mass is 10.2.